The Labute approximate surface area is 129 Å². The Bertz CT molecular complexity index is 843. The lowest BCUT2D eigenvalue weighted by Crippen LogP contribution is -2.38. The maximum Gasteiger partial charge on any atom is 0.415 e. The topological polar surface area (TPSA) is 105 Å². The van der Waals surface area contributed by atoms with Crippen LogP contribution in [-0.2, 0) is 6.54 Å². The second-order valence-electron chi connectivity index (χ2n) is 5.55. The number of ether oxygens (including phenoxy) is 2. The Morgan fingerprint density at radius 1 is 1.43 bits per heavy atom. The third kappa shape index (κ3) is 2.35. The largest absolute Gasteiger partial charge is 0.446 e. The van der Waals surface area contributed by atoms with Crippen LogP contribution < -0.4 is 9.47 Å². The van der Waals surface area contributed by atoms with Crippen molar-refractivity contribution in [1.29, 1.82) is 0 Å². The number of oxazole rings is 1. The molecule has 9 heteroatoms. The summed E-state index contributed by atoms with van der Waals surface area (Å²) in [6.45, 7) is 2.40. The number of imidazole rings is 1. The van der Waals surface area contributed by atoms with E-state index in [-0.39, 0.29) is 24.5 Å². The van der Waals surface area contributed by atoms with Crippen LogP contribution in [0.2, 0.25) is 0 Å². The number of nitro groups is 1. The maximum atomic E-state index is 10.7. The number of hydrogen-bond acceptors (Lipinski definition) is 7. The number of nitrogens with zero attached hydrogens (tertiary/aromatic N) is 4. The van der Waals surface area contributed by atoms with Crippen molar-refractivity contribution in [2.45, 2.75) is 19.1 Å². The van der Waals surface area contributed by atoms with E-state index in [0.717, 1.165) is 0 Å². The van der Waals surface area contributed by atoms with E-state index < -0.39 is 10.5 Å². The van der Waals surface area contributed by atoms with Crippen LogP contribution in [0, 0.1) is 10.1 Å². The summed E-state index contributed by atoms with van der Waals surface area (Å²) < 4.78 is 18.3. The highest BCUT2D eigenvalue weighted by Crippen LogP contribution is 2.31. The van der Waals surface area contributed by atoms with Crippen LogP contribution in [0.1, 0.15) is 6.92 Å². The van der Waals surface area contributed by atoms with Gasteiger partial charge in [-0.15, -0.1) is 0 Å². The first-order valence-corrected chi connectivity index (χ1v) is 6.91. The van der Waals surface area contributed by atoms with Gasteiger partial charge in [-0.25, -0.2) is 0 Å². The molecule has 1 aromatic carbocycles. The number of aromatic nitrogens is 3. The third-order valence-corrected chi connectivity index (χ3v) is 3.53. The van der Waals surface area contributed by atoms with Gasteiger partial charge in [-0.1, -0.05) is 12.1 Å². The molecule has 0 saturated carbocycles. The molecule has 0 aliphatic carbocycles. The number of para-hydroxylation sites is 2. The van der Waals surface area contributed by atoms with Crippen LogP contribution in [0.15, 0.2) is 34.9 Å². The van der Waals surface area contributed by atoms with Gasteiger partial charge in [0.05, 0.1) is 6.54 Å². The zero-order chi connectivity index (χ0) is 16.0. The molecule has 1 atom stereocenters. The Balaban J connectivity index is 1.46. The normalized spacial score (nSPS) is 19.5. The van der Waals surface area contributed by atoms with Gasteiger partial charge in [-0.2, -0.15) is 4.98 Å². The van der Waals surface area contributed by atoms with Crippen molar-refractivity contribution < 1.29 is 18.8 Å². The molecule has 0 spiro atoms. The zero-order valence-corrected chi connectivity index (χ0v) is 12.1. The molecule has 3 heterocycles. The van der Waals surface area contributed by atoms with Crippen LogP contribution in [-0.4, -0.2) is 31.7 Å². The van der Waals surface area contributed by atoms with Gasteiger partial charge < -0.3 is 24.0 Å². The quantitative estimate of drug-likeness (QED) is 0.536. The molecule has 0 unspecified atom stereocenters. The van der Waals surface area contributed by atoms with Crippen molar-refractivity contribution in [3.63, 3.8) is 0 Å². The summed E-state index contributed by atoms with van der Waals surface area (Å²) in [6.07, 6.45) is 1.51. The molecule has 0 bridgehead atoms. The standard InChI is InChI=1S/C14H12N4O5/c1-14(7-17-6-11(18(19)20)16-12(17)23-14)8-21-13-15-9-4-2-3-5-10(9)22-13/h2-6H,7-8H2,1H3/t14-/m1/s1. The second kappa shape index (κ2) is 4.70. The minimum Gasteiger partial charge on any atom is -0.446 e. The van der Waals surface area contributed by atoms with Gasteiger partial charge in [0.1, 0.15) is 18.3 Å². The fourth-order valence-electron chi connectivity index (χ4n) is 2.48. The summed E-state index contributed by atoms with van der Waals surface area (Å²) in [5, 5.41) is 10.7. The molecular formula is C14H12N4O5. The summed E-state index contributed by atoms with van der Waals surface area (Å²) in [4.78, 5) is 18.2. The molecule has 2 aromatic heterocycles. The Kier molecular flexibility index (Phi) is 2.77. The molecule has 3 aromatic rings. The Hall–Kier alpha value is -3.10. The van der Waals surface area contributed by atoms with Crippen molar-refractivity contribution in [3.8, 4) is 12.1 Å². The van der Waals surface area contributed by atoms with Crippen LogP contribution >= 0.6 is 0 Å². The zero-order valence-electron chi connectivity index (χ0n) is 12.1. The lowest BCUT2D eigenvalue weighted by atomic mass is 10.1. The molecule has 1 aliphatic rings. The first-order chi connectivity index (χ1) is 11.0. The average molecular weight is 316 g/mol. The van der Waals surface area contributed by atoms with E-state index in [0.29, 0.717) is 17.6 Å². The van der Waals surface area contributed by atoms with Crippen molar-refractivity contribution >= 4 is 16.9 Å². The molecule has 0 radical (unpaired) electrons. The molecule has 1 aliphatic heterocycles. The van der Waals surface area contributed by atoms with Crippen molar-refractivity contribution in [2.75, 3.05) is 6.61 Å². The van der Waals surface area contributed by atoms with E-state index >= 15 is 0 Å². The van der Waals surface area contributed by atoms with Crippen LogP contribution in [0.3, 0.4) is 0 Å². The number of hydrogen-bond donors (Lipinski definition) is 0. The summed E-state index contributed by atoms with van der Waals surface area (Å²) in [5.74, 6) is -0.234. The molecule has 9 nitrogen and oxygen atoms in total. The van der Waals surface area contributed by atoms with E-state index in [4.69, 9.17) is 13.9 Å². The van der Waals surface area contributed by atoms with E-state index in [1.54, 1.807) is 10.6 Å². The second-order valence-corrected chi connectivity index (χ2v) is 5.55. The highest BCUT2D eigenvalue weighted by atomic mass is 16.6. The van der Waals surface area contributed by atoms with Crippen molar-refractivity contribution in [2.24, 2.45) is 0 Å². The SMILES string of the molecule is C[C@]1(COc2nc3ccccc3o2)Cn2cc([N+](=O)[O-])nc2O1. The first-order valence-electron chi connectivity index (χ1n) is 6.91. The lowest BCUT2D eigenvalue weighted by molar-refractivity contribution is -0.389. The van der Waals surface area contributed by atoms with Gasteiger partial charge in [0.2, 0.25) is 0 Å². The van der Waals surface area contributed by atoms with Crippen LogP contribution in [0.25, 0.3) is 11.1 Å². The van der Waals surface area contributed by atoms with Gasteiger partial charge in [0, 0.05) is 4.98 Å². The molecule has 0 amide bonds. The van der Waals surface area contributed by atoms with Crippen LogP contribution in [0.5, 0.6) is 12.1 Å². The van der Waals surface area contributed by atoms with Gasteiger partial charge >= 0.3 is 17.9 Å². The molecular weight excluding hydrogens is 304 g/mol. The average Bonchev–Trinajstić information content (AvgIpc) is 3.15. The maximum absolute atomic E-state index is 10.7. The molecule has 4 rings (SSSR count). The molecule has 118 valence electrons. The van der Waals surface area contributed by atoms with E-state index in [2.05, 4.69) is 9.97 Å². The van der Waals surface area contributed by atoms with E-state index in [1.165, 1.54) is 6.20 Å². The Morgan fingerprint density at radius 3 is 3.00 bits per heavy atom. The van der Waals surface area contributed by atoms with Gasteiger partial charge in [-0.3, -0.25) is 4.57 Å². The van der Waals surface area contributed by atoms with E-state index in [1.807, 2.05) is 25.1 Å². The van der Waals surface area contributed by atoms with Crippen molar-refractivity contribution in [1.82, 2.24) is 14.5 Å². The monoisotopic (exact) mass is 316 g/mol. The van der Waals surface area contributed by atoms with Gasteiger partial charge in [-0.05, 0) is 24.0 Å². The smallest absolute Gasteiger partial charge is 0.415 e. The first kappa shape index (κ1) is 13.6. The predicted molar refractivity (Wildman–Crippen MR) is 77.4 cm³/mol. The highest BCUT2D eigenvalue weighted by molar-refractivity contribution is 5.72. The summed E-state index contributed by atoms with van der Waals surface area (Å²) in [7, 11) is 0. The fraction of sp³-hybridized carbons (Fsp3) is 0.286. The fourth-order valence-corrected chi connectivity index (χ4v) is 2.48. The molecule has 0 N–H and O–H groups in total. The van der Waals surface area contributed by atoms with Gasteiger partial charge in [0.25, 0.3) is 0 Å². The number of rotatable bonds is 4. The summed E-state index contributed by atoms with van der Waals surface area (Å²) in [6, 6.07) is 7.55. The predicted octanol–water partition coefficient (Wildman–Crippen LogP) is 2.16. The Morgan fingerprint density at radius 2 is 2.26 bits per heavy atom. The van der Waals surface area contributed by atoms with E-state index in [9.17, 15) is 10.1 Å². The summed E-state index contributed by atoms with van der Waals surface area (Å²) >= 11 is 0. The minimum absolute atomic E-state index is 0.159. The number of fused-ring (bicyclic) bond motifs is 2. The lowest BCUT2D eigenvalue weighted by Gasteiger charge is -2.20. The minimum atomic E-state index is -0.696. The summed E-state index contributed by atoms with van der Waals surface area (Å²) in [5.41, 5.74) is 0.657. The molecule has 0 saturated heterocycles. The van der Waals surface area contributed by atoms with Crippen molar-refractivity contribution in [3.05, 3.63) is 40.6 Å². The highest BCUT2D eigenvalue weighted by Gasteiger charge is 2.41. The van der Waals surface area contributed by atoms with Crippen LogP contribution in [0.4, 0.5) is 5.82 Å². The third-order valence-electron chi connectivity index (χ3n) is 3.53. The number of benzene rings is 1. The molecule has 0 fully saturated rings. The van der Waals surface area contributed by atoms with Gasteiger partial charge in [0.15, 0.2) is 11.2 Å². The molecule has 23 heavy (non-hydrogen) atoms.